The summed E-state index contributed by atoms with van der Waals surface area (Å²) in [6, 6.07) is 0. The third-order valence-electron chi connectivity index (χ3n) is 2.95. The fourth-order valence-corrected chi connectivity index (χ4v) is 3.72. The fourth-order valence-electron chi connectivity index (χ4n) is 1.97. The summed E-state index contributed by atoms with van der Waals surface area (Å²) in [6.45, 7) is 4.96. The zero-order valence-electron chi connectivity index (χ0n) is 12.1. The van der Waals surface area contributed by atoms with Crippen LogP contribution in [0.3, 0.4) is 0 Å². The van der Waals surface area contributed by atoms with Crippen molar-refractivity contribution < 1.29 is 4.79 Å². The second kappa shape index (κ2) is 6.86. The van der Waals surface area contributed by atoms with Crippen LogP contribution in [0.2, 0.25) is 0 Å². The number of anilines is 2. The predicted octanol–water partition coefficient (Wildman–Crippen LogP) is 2.25. The zero-order chi connectivity index (χ0) is 15.4. The summed E-state index contributed by atoms with van der Waals surface area (Å²) in [5.74, 6) is 0.0923. The predicted molar refractivity (Wildman–Crippen MR) is 88.7 cm³/mol. The molecular formula is C13H19N5OS2. The van der Waals surface area contributed by atoms with Crippen molar-refractivity contribution in [2.24, 2.45) is 5.73 Å². The minimum absolute atomic E-state index is 0.166. The first-order valence-electron chi connectivity index (χ1n) is 6.73. The number of carbonyl (C=O) groups excluding carboxylic acids is 1. The molecule has 0 aliphatic rings. The maximum Gasteiger partial charge on any atom is 0.236 e. The number of hydrogen-bond donors (Lipinski definition) is 2. The van der Waals surface area contributed by atoms with E-state index in [4.69, 9.17) is 11.5 Å². The Morgan fingerprint density at radius 2 is 2.24 bits per heavy atom. The van der Waals surface area contributed by atoms with E-state index in [9.17, 15) is 4.79 Å². The van der Waals surface area contributed by atoms with Crippen molar-refractivity contribution in [1.82, 2.24) is 9.36 Å². The molecule has 0 spiro atoms. The third kappa shape index (κ3) is 3.70. The Hall–Kier alpha value is -1.67. The van der Waals surface area contributed by atoms with Crippen molar-refractivity contribution in [1.29, 1.82) is 0 Å². The van der Waals surface area contributed by atoms with Crippen molar-refractivity contribution in [3.05, 3.63) is 11.1 Å². The molecule has 2 aromatic heterocycles. The molecule has 0 bridgehead atoms. The highest BCUT2D eigenvalue weighted by atomic mass is 32.1. The molecule has 4 N–H and O–H groups in total. The number of aryl methyl sites for hydroxylation is 1. The molecule has 114 valence electrons. The van der Waals surface area contributed by atoms with Gasteiger partial charge in [-0.1, -0.05) is 13.3 Å². The second-order valence-electron chi connectivity index (χ2n) is 4.78. The van der Waals surface area contributed by atoms with Gasteiger partial charge in [0.05, 0.1) is 12.1 Å². The lowest BCUT2D eigenvalue weighted by molar-refractivity contribution is -0.116. The lowest BCUT2D eigenvalue weighted by Gasteiger charge is -2.21. The maximum absolute atomic E-state index is 11.3. The Labute approximate surface area is 132 Å². The van der Waals surface area contributed by atoms with E-state index in [1.165, 1.54) is 22.9 Å². The monoisotopic (exact) mass is 325 g/mol. The highest BCUT2D eigenvalue weighted by molar-refractivity contribution is 7.15. The van der Waals surface area contributed by atoms with Crippen LogP contribution in [0.25, 0.3) is 10.6 Å². The Balaban J connectivity index is 2.38. The largest absolute Gasteiger partial charge is 0.382 e. The molecule has 2 rings (SSSR count). The number of unbranched alkanes of at least 4 members (excludes halogenated alkanes) is 1. The zero-order valence-corrected chi connectivity index (χ0v) is 13.8. The highest BCUT2D eigenvalue weighted by Gasteiger charge is 2.22. The van der Waals surface area contributed by atoms with Crippen molar-refractivity contribution in [2.45, 2.75) is 26.7 Å². The smallest absolute Gasteiger partial charge is 0.236 e. The van der Waals surface area contributed by atoms with Crippen LogP contribution in [0.1, 0.15) is 25.5 Å². The molecule has 0 radical (unpaired) electrons. The number of aromatic nitrogens is 2. The van der Waals surface area contributed by atoms with Crippen molar-refractivity contribution in [3.63, 3.8) is 0 Å². The normalized spacial score (nSPS) is 10.8. The first kappa shape index (κ1) is 15.7. The summed E-state index contributed by atoms with van der Waals surface area (Å²) in [6.07, 6.45) is 2.01. The topological polar surface area (TPSA) is 98.1 Å². The summed E-state index contributed by atoms with van der Waals surface area (Å²) in [5, 5.41) is 3.68. The number of rotatable bonds is 7. The summed E-state index contributed by atoms with van der Waals surface area (Å²) in [4.78, 5) is 17.8. The number of nitrogens with two attached hydrogens (primary N) is 2. The Morgan fingerprint density at radius 1 is 1.48 bits per heavy atom. The molecule has 2 heterocycles. The first-order chi connectivity index (χ1) is 10.0. The SMILES string of the molecule is CCCCN(CC(N)=O)c1snc(N)c1-c1nc(C)cs1. The van der Waals surface area contributed by atoms with E-state index in [2.05, 4.69) is 16.3 Å². The molecule has 0 aromatic carbocycles. The van der Waals surface area contributed by atoms with Crippen molar-refractivity contribution in [2.75, 3.05) is 23.7 Å². The van der Waals surface area contributed by atoms with Crippen molar-refractivity contribution >= 4 is 39.6 Å². The molecule has 0 atom stereocenters. The number of primary amides is 1. The fraction of sp³-hybridized carbons (Fsp3) is 0.462. The lowest BCUT2D eigenvalue weighted by Crippen LogP contribution is -2.34. The third-order valence-corrected chi connectivity index (χ3v) is 4.85. The van der Waals surface area contributed by atoms with E-state index in [0.29, 0.717) is 5.82 Å². The number of nitrogens with zero attached hydrogens (tertiary/aromatic N) is 3. The minimum atomic E-state index is -0.362. The number of hydrogen-bond acceptors (Lipinski definition) is 7. The number of carbonyl (C=O) groups is 1. The van der Waals surface area contributed by atoms with E-state index < -0.39 is 0 Å². The van der Waals surface area contributed by atoms with Gasteiger partial charge in [0, 0.05) is 17.6 Å². The molecule has 0 aliphatic heterocycles. The molecule has 6 nitrogen and oxygen atoms in total. The first-order valence-corrected chi connectivity index (χ1v) is 8.39. The van der Waals surface area contributed by atoms with Gasteiger partial charge in [-0.25, -0.2) is 4.98 Å². The molecule has 2 aromatic rings. The van der Waals surface area contributed by atoms with Gasteiger partial charge >= 0.3 is 0 Å². The van der Waals surface area contributed by atoms with Crippen LogP contribution in [0.5, 0.6) is 0 Å². The van der Waals surface area contributed by atoms with Crippen LogP contribution in [0.15, 0.2) is 5.38 Å². The molecular weight excluding hydrogens is 306 g/mol. The quantitative estimate of drug-likeness (QED) is 0.813. The van der Waals surface area contributed by atoms with E-state index >= 15 is 0 Å². The van der Waals surface area contributed by atoms with E-state index in [1.807, 2.05) is 17.2 Å². The van der Waals surface area contributed by atoms with E-state index in [1.54, 1.807) is 0 Å². The standard InChI is InChI=1S/C13H19N5OS2/c1-3-4-5-18(6-9(14)19)13-10(11(15)17-21-13)12-16-8(2)7-20-12/h7H,3-6H2,1-2H3,(H2,14,19)(H2,15,17). The number of amides is 1. The van der Waals surface area contributed by atoms with Gasteiger partial charge in [0.1, 0.15) is 15.8 Å². The van der Waals surface area contributed by atoms with Crippen LogP contribution in [-0.2, 0) is 4.79 Å². The number of nitrogen functional groups attached to an aromatic ring is 1. The van der Waals surface area contributed by atoms with Crippen LogP contribution in [0.4, 0.5) is 10.8 Å². The van der Waals surface area contributed by atoms with Gasteiger partial charge in [-0.3, -0.25) is 4.79 Å². The Kier molecular flexibility index (Phi) is 5.13. The molecule has 0 fully saturated rings. The van der Waals surface area contributed by atoms with Gasteiger partial charge < -0.3 is 16.4 Å². The highest BCUT2D eigenvalue weighted by Crippen LogP contribution is 2.40. The van der Waals surface area contributed by atoms with Crippen LogP contribution >= 0.6 is 22.9 Å². The average molecular weight is 325 g/mol. The van der Waals surface area contributed by atoms with Gasteiger partial charge in [-0.05, 0) is 24.9 Å². The lowest BCUT2D eigenvalue weighted by atomic mass is 10.2. The summed E-state index contributed by atoms with van der Waals surface area (Å²) in [5.41, 5.74) is 13.1. The Bertz CT molecular complexity index is 622. The van der Waals surface area contributed by atoms with Gasteiger partial charge in [0.15, 0.2) is 0 Å². The van der Waals surface area contributed by atoms with E-state index in [-0.39, 0.29) is 12.5 Å². The van der Waals surface area contributed by atoms with Gasteiger partial charge in [0.25, 0.3) is 0 Å². The molecule has 1 amide bonds. The molecule has 0 saturated heterocycles. The molecule has 0 aliphatic carbocycles. The summed E-state index contributed by atoms with van der Waals surface area (Å²) in [7, 11) is 0. The summed E-state index contributed by atoms with van der Waals surface area (Å²) < 4.78 is 4.23. The van der Waals surface area contributed by atoms with Gasteiger partial charge in [-0.15, -0.1) is 11.3 Å². The Morgan fingerprint density at radius 3 is 2.81 bits per heavy atom. The van der Waals surface area contributed by atoms with Crippen LogP contribution in [0, 0.1) is 6.92 Å². The van der Waals surface area contributed by atoms with Crippen LogP contribution in [-0.4, -0.2) is 28.4 Å². The molecule has 0 unspecified atom stereocenters. The molecule has 8 heteroatoms. The van der Waals surface area contributed by atoms with Gasteiger partial charge in [-0.2, -0.15) is 4.37 Å². The van der Waals surface area contributed by atoms with Crippen LogP contribution < -0.4 is 16.4 Å². The average Bonchev–Trinajstić information content (AvgIpc) is 3.00. The van der Waals surface area contributed by atoms with Crippen molar-refractivity contribution in [3.8, 4) is 10.6 Å². The van der Waals surface area contributed by atoms with Gasteiger partial charge in [0.2, 0.25) is 5.91 Å². The minimum Gasteiger partial charge on any atom is -0.382 e. The molecule has 21 heavy (non-hydrogen) atoms. The summed E-state index contributed by atoms with van der Waals surface area (Å²) >= 11 is 2.82. The number of thiazole rings is 1. The molecule has 0 saturated carbocycles. The second-order valence-corrected chi connectivity index (χ2v) is 6.39. The maximum atomic E-state index is 11.3. The van der Waals surface area contributed by atoms with E-state index in [0.717, 1.165) is 40.7 Å².